The van der Waals surface area contributed by atoms with E-state index in [0.717, 1.165) is 0 Å². The Labute approximate surface area is 83.5 Å². The molecule has 1 unspecified atom stereocenters. The molecule has 0 bridgehead atoms. The molecule has 0 aromatic heterocycles. The molecular formula is C10H15NO3. The van der Waals surface area contributed by atoms with E-state index in [1.807, 2.05) is 0 Å². The molecule has 4 heteroatoms. The second-order valence-electron chi connectivity index (χ2n) is 2.80. The molecule has 0 radical (unpaired) electrons. The van der Waals surface area contributed by atoms with E-state index in [9.17, 15) is 5.11 Å². The van der Waals surface area contributed by atoms with Crippen LogP contribution in [0.1, 0.15) is 11.8 Å². The smallest absolute Gasteiger partial charge is 0.134 e. The van der Waals surface area contributed by atoms with Crippen LogP contribution in [0, 0.1) is 0 Å². The molecule has 0 saturated heterocycles. The maximum absolute atomic E-state index is 9.57. The van der Waals surface area contributed by atoms with Gasteiger partial charge in [-0.05, 0) is 19.2 Å². The van der Waals surface area contributed by atoms with Gasteiger partial charge in [-0.25, -0.2) is 0 Å². The van der Waals surface area contributed by atoms with E-state index in [1.54, 1.807) is 39.5 Å². The van der Waals surface area contributed by atoms with Crippen LogP contribution >= 0.6 is 0 Å². The number of aliphatic hydroxyl groups excluding tert-OH is 1. The van der Waals surface area contributed by atoms with E-state index < -0.39 is 6.23 Å². The van der Waals surface area contributed by atoms with Gasteiger partial charge in [0.2, 0.25) is 0 Å². The molecule has 1 aromatic rings. The number of rotatable bonds is 4. The molecule has 0 aliphatic carbocycles. The minimum Gasteiger partial charge on any atom is -0.497 e. The van der Waals surface area contributed by atoms with Crippen molar-refractivity contribution in [1.82, 2.24) is 5.32 Å². The van der Waals surface area contributed by atoms with Gasteiger partial charge >= 0.3 is 0 Å². The molecule has 0 fully saturated rings. The third-order valence-corrected chi connectivity index (χ3v) is 2.01. The lowest BCUT2D eigenvalue weighted by atomic mass is 10.1. The van der Waals surface area contributed by atoms with E-state index in [2.05, 4.69) is 5.32 Å². The summed E-state index contributed by atoms with van der Waals surface area (Å²) in [5.74, 6) is 1.31. The Hall–Kier alpha value is -1.26. The number of aliphatic hydroxyl groups is 1. The number of hydrogen-bond acceptors (Lipinski definition) is 4. The summed E-state index contributed by atoms with van der Waals surface area (Å²) in [6, 6.07) is 5.27. The Balaban J connectivity index is 3.04. The highest BCUT2D eigenvalue weighted by Gasteiger charge is 2.11. The predicted octanol–water partition coefficient (Wildman–Crippen LogP) is 0.914. The lowest BCUT2D eigenvalue weighted by Gasteiger charge is -2.14. The molecule has 0 heterocycles. The van der Waals surface area contributed by atoms with Gasteiger partial charge < -0.3 is 14.6 Å². The van der Waals surface area contributed by atoms with Gasteiger partial charge in [0.05, 0.1) is 14.2 Å². The van der Waals surface area contributed by atoms with Crippen molar-refractivity contribution in [2.24, 2.45) is 0 Å². The molecule has 0 spiro atoms. The third kappa shape index (κ3) is 2.16. The summed E-state index contributed by atoms with van der Waals surface area (Å²) in [6.45, 7) is 0. The van der Waals surface area contributed by atoms with E-state index >= 15 is 0 Å². The van der Waals surface area contributed by atoms with Crippen molar-refractivity contribution in [1.29, 1.82) is 0 Å². The van der Waals surface area contributed by atoms with Gasteiger partial charge in [0.25, 0.3) is 0 Å². The summed E-state index contributed by atoms with van der Waals surface area (Å²) in [7, 11) is 4.82. The highest BCUT2D eigenvalue weighted by molar-refractivity contribution is 5.41. The van der Waals surface area contributed by atoms with Crippen molar-refractivity contribution in [3.05, 3.63) is 23.8 Å². The van der Waals surface area contributed by atoms with Gasteiger partial charge in [-0.3, -0.25) is 5.32 Å². The van der Waals surface area contributed by atoms with E-state index in [-0.39, 0.29) is 0 Å². The zero-order valence-corrected chi connectivity index (χ0v) is 8.57. The Kier molecular flexibility index (Phi) is 3.73. The maximum Gasteiger partial charge on any atom is 0.134 e. The van der Waals surface area contributed by atoms with Gasteiger partial charge in [-0.1, -0.05) is 0 Å². The zero-order chi connectivity index (χ0) is 10.6. The number of methoxy groups -OCH3 is 2. The van der Waals surface area contributed by atoms with Crippen LogP contribution in [0.3, 0.4) is 0 Å². The molecule has 4 nitrogen and oxygen atoms in total. The van der Waals surface area contributed by atoms with E-state index in [4.69, 9.17) is 9.47 Å². The van der Waals surface area contributed by atoms with Gasteiger partial charge in [-0.15, -0.1) is 0 Å². The summed E-state index contributed by atoms with van der Waals surface area (Å²) < 4.78 is 10.2. The Bertz CT molecular complexity index is 301. The summed E-state index contributed by atoms with van der Waals surface area (Å²) >= 11 is 0. The van der Waals surface area contributed by atoms with Gasteiger partial charge in [0, 0.05) is 11.6 Å². The first-order valence-electron chi connectivity index (χ1n) is 4.30. The number of hydrogen-bond donors (Lipinski definition) is 2. The van der Waals surface area contributed by atoms with Crippen molar-refractivity contribution in [3.8, 4) is 11.5 Å². The molecule has 0 aliphatic heterocycles. The molecule has 0 saturated carbocycles. The zero-order valence-electron chi connectivity index (χ0n) is 8.57. The summed E-state index contributed by atoms with van der Waals surface area (Å²) in [4.78, 5) is 0. The van der Waals surface area contributed by atoms with Crippen LogP contribution in [0.25, 0.3) is 0 Å². The summed E-state index contributed by atoms with van der Waals surface area (Å²) in [5.41, 5.74) is 0.691. The molecule has 14 heavy (non-hydrogen) atoms. The lowest BCUT2D eigenvalue weighted by molar-refractivity contribution is 0.145. The SMILES string of the molecule is CNC(O)c1ccc(OC)cc1OC. The Morgan fingerprint density at radius 3 is 2.50 bits per heavy atom. The molecule has 0 amide bonds. The van der Waals surface area contributed by atoms with Crippen LogP contribution < -0.4 is 14.8 Å². The van der Waals surface area contributed by atoms with Crippen molar-refractivity contribution in [3.63, 3.8) is 0 Å². The van der Waals surface area contributed by atoms with Crippen LogP contribution in [0.4, 0.5) is 0 Å². The maximum atomic E-state index is 9.57. The van der Waals surface area contributed by atoms with Gasteiger partial charge in [0.15, 0.2) is 0 Å². The average molecular weight is 197 g/mol. The molecule has 1 aromatic carbocycles. The number of nitrogens with one attached hydrogen (secondary N) is 1. The fraction of sp³-hybridized carbons (Fsp3) is 0.400. The second-order valence-corrected chi connectivity index (χ2v) is 2.80. The monoisotopic (exact) mass is 197 g/mol. The van der Waals surface area contributed by atoms with Crippen LogP contribution in [-0.4, -0.2) is 26.4 Å². The number of ether oxygens (including phenoxy) is 2. The average Bonchev–Trinajstić information content (AvgIpc) is 2.27. The lowest BCUT2D eigenvalue weighted by Crippen LogP contribution is -2.16. The molecule has 78 valence electrons. The fourth-order valence-corrected chi connectivity index (χ4v) is 1.20. The topological polar surface area (TPSA) is 50.7 Å². The van der Waals surface area contributed by atoms with Crippen LogP contribution in [-0.2, 0) is 0 Å². The summed E-state index contributed by atoms with van der Waals surface area (Å²) in [5, 5.41) is 12.3. The van der Waals surface area contributed by atoms with Crippen molar-refractivity contribution < 1.29 is 14.6 Å². The molecule has 2 N–H and O–H groups in total. The largest absolute Gasteiger partial charge is 0.497 e. The molecule has 1 atom stereocenters. The molecule has 1 rings (SSSR count). The fourth-order valence-electron chi connectivity index (χ4n) is 1.20. The van der Waals surface area contributed by atoms with Crippen LogP contribution in [0.2, 0.25) is 0 Å². The predicted molar refractivity (Wildman–Crippen MR) is 53.6 cm³/mol. The highest BCUT2D eigenvalue weighted by Crippen LogP contribution is 2.27. The van der Waals surface area contributed by atoms with Crippen LogP contribution in [0.15, 0.2) is 18.2 Å². The third-order valence-electron chi connectivity index (χ3n) is 2.01. The minimum absolute atomic E-state index is 0.603. The quantitative estimate of drug-likeness (QED) is 0.704. The first-order chi connectivity index (χ1) is 6.72. The van der Waals surface area contributed by atoms with Crippen LogP contribution in [0.5, 0.6) is 11.5 Å². The minimum atomic E-state index is -0.726. The van der Waals surface area contributed by atoms with Crippen molar-refractivity contribution >= 4 is 0 Å². The first-order valence-corrected chi connectivity index (χ1v) is 4.30. The van der Waals surface area contributed by atoms with E-state index in [0.29, 0.717) is 17.1 Å². The van der Waals surface area contributed by atoms with Crippen molar-refractivity contribution in [2.75, 3.05) is 21.3 Å². The second kappa shape index (κ2) is 4.83. The first kappa shape index (κ1) is 10.8. The normalized spacial score (nSPS) is 12.3. The molecular weight excluding hydrogens is 182 g/mol. The van der Waals surface area contributed by atoms with Crippen molar-refractivity contribution in [2.45, 2.75) is 6.23 Å². The molecule has 0 aliphatic rings. The Morgan fingerprint density at radius 2 is 2.00 bits per heavy atom. The Morgan fingerprint density at radius 1 is 1.29 bits per heavy atom. The highest BCUT2D eigenvalue weighted by atomic mass is 16.5. The summed E-state index contributed by atoms with van der Waals surface area (Å²) in [6.07, 6.45) is -0.726. The van der Waals surface area contributed by atoms with E-state index in [1.165, 1.54) is 0 Å². The number of benzene rings is 1. The van der Waals surface area contributed by atoms with Gasteiger partial charge in [0.1, 0.15) is 17.7 Å². The standard InChI is InChI=1S/C10H15NO3/c1-11-10(12)8-5-4-7(13-2)6-9(8)14-3/h4-6,10-12H,1-3H3. The van der Waals surface area contributed by atoms with Gasteiger partial charge in [-0.2, -0.15) is 0 Å².